The number of esters is 1. The van der Waals surface area contributed by atoms with Crippen molar-refractivity contribution in [3.8, 4) is 5.75 Å². The van der Waals surface area contributed by atoms with Gasteiger partial charge in [0.25, 0.3) is 0 Å². The largest absolute Gasteiger partial charge is 0.469 e. The first-order valence-electron chi connectivity index (χ1n) is 5.41. The molecular weight excluding hydrogens is 262 g/mol. The highest BCUT2D eigenvalue weighted by Crippen LogP contribution is 2.22. The number of carbonyl (C=O) groups is 1. The summed E-state index contributed by atoms with van der Waals surface area (Å²) in [6.45, 7) is -2.93. The van der Waals surface area contributed by atoms with Gasteiger partial charge in [-0.25, -0.2) is 0 Å². The van der Waals surface area contributed by atoms with Crippen molar-refractivity contribution in [2.24, 2.45) is 0 Å². The Morgan fingerprint density at radius 1 is 1.26 bits per heavy atom. The van der Waals surface area contributed by atoms with Gasteiger partial charge in [-0.3, -0.25) is 4.79 Å². The quantitative estimate of drug-likeness (QED) is 0.765. The van der Waals surface area contributed by atoms with Crippen molar-refractivity contribution in [3.05, 3.63) is 29.8 Å². The number of hydrogen-bond donors (Lipinski definition) is 2. The molecule has 7 heteroatoms. The van der Waals surface area contributed by atoms with Gasteiger partial charge in [0.2, 0.25) is 0 Å². The molecule has 0 heterocycles. The van der Waals surface area contributed by atoms with Crippen LogP contribution in [0.5, 0.6) is 5.75 Å². The first-order valence-corrected chi connectivity index (χ1v) is 5.41. The number of aliphatic hydroxyl groups is 2. The predicted octanol–water partition coefficient (Wildman–Crippen LogP) is 1.25. The van der Waals surface area contributed by atoms with Crippen LogP contribution in [0.25, 0.3) is 0 Å². The van der Waals surface area contributed by atoms with Gasteiger partial charge in [-0.1, -0.05) is 12.1 Å². The van der Waals surface area contributed by atoms with Gasteiger partial charge < -0.3 is 19.7 Å². The first-order chi connectivity index (χ1) is 8.93. The maximum Gasteiger partial charge on any atom is 0.387 e. The zero-order valence-corrected chi connectivity index (χ0v) is 10.1. The third kappa shape index (κ3) is 4.80. The summed E-state index contributed by atoms with van der Waals surface area (Å²) in [4.78, 5) is 10.9. The van der Waals surface area contributed by atoms with E-state index in [1.807, 2.05) is 0 Å². The smallest absolute Gasteiger partial charge is 0.387 e. The molecule has 2 N–H and O–H groups in total. The fourth-order valence-electron chi connectivity index (χ4n) is 1.43. The molecule has 0 spiro atoms. The predicted molar refractivity (Wildman–Crippen MR) is 60.7 cm³/mol. The number of alkyl halides is 2. The standard InChI is InChI=1S/C12H14F2O5/c1-18-10(16)6-9(15)11(17)7-2-4-8(5-3-7)19-12(13)14/h2-5,9,11-12,15,17H,6H2,1H3. The van der Waals surface area contributed by atoms with Crippen LogP contribution < -0.4 is 4.74 Å². The van der Waals surface area contributed by atoms with E-state index in [2.05, 4.69) is 9.47 Å². The Hall–Kier alpha value is -1.73. The highest BCUT2D eigenvalue weighted by molar-refractivity contribution is 5.69. The lowest BCUT2D eigenvalue weighted by Crippen LogP contribution is -2.22. The molecular formula is C12H14F2O5. The summed E-state index contributed by atoms with van der Waals surface area (Å²) in [6, 6.07) is 5.11. The minimum absolute atomic E-state index is 0.0617. The number of benzene rings is 1. The van der Waals surface area contributed by atoms with E-state index in [9.17, 15) is 23.8 Å². The average molecular weight is 276 g/mol. The zero-order chi connectivity index (χ0) is 14.4. The van der Waals surface area contributed by atoms with Crippen molar-refractivity contribution < 1.29 is 33.3 Å². The highest BCUT2D eigenvalue weighted by atomic mass is 19.3. The second-order valence-corrected chi connectivity index (χ2v) is 3.74. The molecule has 0 radical (unpaired) electrons. The first kappa shape index (κ1) is 15.3. The van der Waals surface area contributed by atoms with Crippen LogP contribution >= 0.6 is 0 Å². The molecule has 0 saturated carbocycles. The van der Waals surface area contributed by atoms with E-state index < -0.39 is 24.8 Å². The van der Waals surface area contributed by atoms with Crippen molar-refractivity contribution in [2.75, 3.05) is 7.11 Å². The van der Waals surface area contributed by atoms with Gasteiger partial charge in [0, 0.05) is 0 Å². The highest BCUT2D eigenvalue weighted by Gasteiger charge is 2.21. The second kappa shape index (κ2) is 7.01. The summed E-state index contributed by atoms with van der Waals surface area (Å²) >= 11 is 0. The monoisotopic (exact) mass is 276 g/mol. The molecule has 0 aliphatic carbocycles. The molecule has 0 saturated heterocycles. The Balaban J connectivity index is 2.66. The van der Waals surface area contributed by atoms with Gasteiger partial charge in [-0.2, -0.15) is 8.78 Å². The van der Waals surface area contributed by atoms with Gasteiger partial charge in [0.1, 0.15) is 11.9 Å². The van der Waals surface area contributed by atoms with Gasteiger partial charge in [0.15, 0.2) is 0 Å². The summed E-state index contributed by atoms with van der Waals surface area (Å²) in [5.41, 5.74) is 0.276. The minimum atomic E-state index is -2.93. The molecule has 0 aromatic heterocycles. The van der Waals surface area contributed by atoms with Crippen LogP contribution in [0.1, 0.15) is 18.1 Å². The Kier molecular flexibility index (Phi) is 5.65. The number of halogens is 2. The topological polar surface area (TPSA) is 76.0 Å². The number of aliphatic hydroxyl groups excluding tert-OH is 2. The van der Waals surface area contributed by atoms with Crippen molar-refractivity contribution in [3.63, 3.8) is 0 Å². The Morgan fingerprint density at radius 3 is 2.32 bits per heavy atom. The molecule has 0 bridgehead atoms. The van der Waals surface area contributed by atoms with E-state index >= 15 is 0 Å². The van der Waals surface area contributed by atoms with Crippen molar-refractivity contribution in [2.45, 2.75) is 25.2 Å². The van der Waals surface area contributed by atoms with Crippen LogP contribution in [0.2, 0.25) is 0 Å². The lowest BCUT2D eigenvalue weighted by Gasteiger charge is -2.17. The van der Waals surface area contributed by atoms with E-state index in [4.69, 9.17) is 0 Å². The fraction of sp³-hybridized carbons (Fsp3) is 0.417. The van der Waals surface area contributed by atoms with Gasteiger partial charge in [-0.15, -0.1) is 0 Å². The number of ether oxygens (including phenoxy) is 2. The van der Waals surface area contributed by atoms with Gasteiger partial charge in [-0.05, 0) is 17.7 Å². The number of methoxy groups -OCH3 is 1. The number of carbonyl (C=O) groups excluding carboxylic acids is 1. The van der Waals surface area contributed by atoms with Crippen LogP contribution in [-0.2, 0) is 9.53 Å². The fourth-order valence-corrected chi connectivity index (χ4v) is 1.43. The Bertz CT molecular complexity index is 407. The lowest BCUT2D eigenvalue weighted by molar-refractivity contribution is -0.144. The number of rotatable bonds is 6. The molecule has 0 fully saturated rings. The Morgan fingerprint density at radius 2 is 1.84 bits per heavy atom. The summed E-state index contributed by atoms with van der Waals surface area (Å²) < 4.78 is 32.4. The summed E-state index contributed by atoms with van der Waals surface area (Å²) in [6.07, 6.45) is -3.03. The van der Waals surface area contributed by atoms with Crippen LogP contribution in [0.3, 0.4) is 0 Å². The normalized spacial score (nSPS) is 14.0. The van der Waals surface area contributed by atoms with Crippen molar-refractivity contribution in [1.82, 2.24) is 0 Å². The lowest BCUT2D eigenvalue weighted by atomic mass is 10.0. The van der Waals surface area contributed by atoms with E-state index in [1.54, 1.807) is 0 Å². The van der Waals surface area contributed by atoms with Crippen molar-refractivity contribution >= 4 is 5.97 Å². The molecule has 0 amide bonds. The number of hydrogen-bond acceptors (Lipinski definition) is 5. The molecule has 1 aromatic carbocycles. The maximum absolute atomic E-state index is 11.9. The molecule has 106 valence electrons. The third-order valence-electron chi connectivity index (χ3n) is 2.41. The van der Waals surface area contributed by atoms with E-state index in [-0.39, 0.29) is 17.7 Å². The maximum atomic E-state index is 11.9. The zero-order valence-electron chi connectivity index (χ0n) is 10.1. The van der Waals surface area contributed by atoms with Crippen molar-refractivity contribution in [1.29, 1.82) is 0 Å². The van der Waals surface area contributed by atoms with E-state index in [0.29, 0.717) is 0 Å². The van der Waals surface area contributed by atoms with Crippen LogP contribution in [0, 0.1) is 0 Å². The molecule has 2 atom stereocenters. The van der Waals surface area contributed by atoms with Crippen LogP contribution in [0.4, 0.5) is 8.78 Å². The molecule has 2 unspecified atom stereocenters. The molecule has 19 heavy (non-hydrogen) atoms. The van der Waals surface area contributed by atoms with E-state index in [1.165, 1.54) is 24.3 Å². The van der Waals surface area contributed by atoms with Crippen LogP contribution in [-0.4, -0.2) is 36.0 Å². The van der Waals surface area contributed by atoms with Crippen LogP contribution in [0.15, 0.2) is 24.3 Å². The average Bonchev–Trinajstić information content (AvgIpc) is 2.37. The SMILES string of the molecule is COC(=O)CC(O)C(O)c1ccc(OC(F)F)cc1. The second-order valence-electron chi connectivity index (χ2n) is 3.74. The third-order valence-corrected chi connectivity index (χ3v) is 2.41. The molecule has 0 aliphatic heterocycles. The van der Waals surface area contributed by atoms with Gasteiger partial charge >= 0.3 is 12.6 Å². The minimum Gasteiger partial charge on any atom is -0.469 e. The molecule has 1 aromatic rings. The van der Waals surface area contributed by atoms with E-state index in [0.717, 1.165) is 7.11 Å². The van der Waals surface area contributed by atoms with Gasteiger partial charge in [0.05, 0.1) is 19.6 Å². The summed E-state index contributed by atoms with van der Waals surface area (Å²) in [7, 11) is 1.16. The summed E-state index contributed by atoms with van der Waals surface area (Å²) in [5.74, 6) is -0.724. The molecule has 0 aliphatic rings. The Labute approximate surface area is 108 Å². The molecule has 1 rings (SSSR count). The summed E-state index contributed by atoms with van der Waals surface area (Å²) in [5, 5.41) is 19.3. The molecule has 5 nitrogen and oxygen atoms in total.